The van der Waals surface area contributed by atoms with Crippen LogP contribution in [0.1, 0.15) is 16.1 Å². The molecule has 0 bridgehead atoms. The summed E-state index contributed by atoms with van der Waals surface area (Å²) in [6.07, 6.45) is 2.49. The minimum absolute atomic E-state index is 0.202. The van der Waals surface area contributed by atoms with Gasteiger partial charge in [-0.05, 0) is 58.2 Å². The first-order valence-electron chi connectivity index (χ1n) is 7.52. The summed E-state index contributed by atoms with van der Waals surface area (Å²) >= 11 is 3.39. The second-order valence-corrected chi connectivity index (χ2v) is 6.64. The summed E-state index contributed by atoms with van der Waals surface area (Å²) in [6, 6.07) is 10.2. The monoisotopic (exact) mass is 388 g/mol. The molecule has 0 saturated carbocycles. The van der Waals surface area contributed by atoms with E-state index >= 15 is 0 Å². The first-order valence-corrected chi connectivity index (χ1v) is 8.31. The molecule has 0 saturated heterocycles. The highest BCUT2D eigenvalue weighted by Crippen LogP contribution is 2.28. The number of aromatic nitrogens is 2. The van der Waals surface area contributed by atoms with Gasteiger partial charge in [0, 0.05) is 24.3 Å². The van der Waals surface area contributed by atoms with Crippen molar-refractivity contribution in [2.75, 3.05) is 18.6 Å². The number of amides is 1. The molecule has 1 aliphatic rings. The second kappa shape index (κ2) is 5.59. The predicted octanol–water partition coefficient (Wildman–Crippen LogP) is 3.29. The Morgan fingerprint density at radius 2 is 2.08 bits per heavy atom. The zero-order chi connectivity index (χ0) is 16.8. The van der Waals surface area contributed by atoms with Crippen molar-refractivity contribution < 1.29 is 9.18 Å². The number of nitrogens with zero attached hydrogens (tertiary/aromatic N) is 4. The largest absolute Gasteiger partial charge is 0.292 e. The molecule has 24 heavy (non-hydrogen) atoms. The number of fused-ring (bicyclic) bond motifs is 2. The average molecular weight is 389 g/mol. The van der Waals surface area contributed by atoms with Crippen LogP contribution in [0.4, 0.5) is 10.1 Å². The van der Waals surface area contributed by atoms with E-state index in [4.69, 9.17) is 0 Å². The fourth-order valence-corrected chi connectivity index (χ4v) is 3.32. The fourth-order valence-electron chi connectivity index (χ4n) is 2.99. The first-order chi connectivity index (χ1) is 11.5. The highest BCUT2D eigenvalue weighted by atomic mass is 79.9. The first kappa shape index (κ1) is 15.1. The smallest absolute Gasteiger partial charge is 0.285 e. The van der Waals surface area contributed by atoms with Gasteiger partial charge in [0.2, 0.25) is 0 Å². The molecule has 3 aromatic rings. The number of carbonyl (C=O) groups excluding carboxylic acids is 1. The maximum absolute atomic E-state index is 13.5. The van der Waals surface area contributed by atoms with Crippen molar-refractivity contribution in [1.29, 1.82) is 0 Å². The van der Waals surface area contributed by atoms with E-state index in [2.05, 4.69) is 21.0 Å². The van der Waals surface area contributed by atoms with Crippen LogP contribution in [0.25, 0.3) is 5.52 Å². The molecular weight excluding hydrogens is 375 g/mol. The fraction of sp³-hybridized carbons (Fsp3) is 0.176. The van der Waals surface area contributed by atoms with Gasteiger partial charge < -0.3 is 0 Å². The lowest BCUT2D eigenvalue weighted by molar-refractivity contribution is 0.0732. The molecule has 0 radical (unpaired) electrons. The van der Waals surface area contributed by atoms with Gasteiger partial charge in [0.05, 0.1) is 11.2 Å². The summed E-state index contributed by atoms with van der Waals surface area (Å²) in [7, 11) is 1.77. The molecule has 1 amide bonds. The lowest BCUT2D eigenvalue weighted by atomic mass is 10.1. The minimum Gasteiger partial charge on any atom is -0.285 e. The van der Waals surface area contributed by atoms with Crippen molar-refractivity contribution >= 4 is 33.0 Å². The van der Waals surface area contributed by atoms with E-state index in [1.54, 1.807) is 39.9 Å². The molecule has 3 heterocycles. The van der Waals surface area contributed by atoms with Gasteiger partial charge in [-0.15, -0.1) is 0 Å². The summed E-state index contributed by atoms with van der Waals surface area (Å²) in [5.74, 6) is -0.514. The number of benzene rings is 1. The van der Waals surface area contributed by atoms with E-state index in [0.29, 0.717) is 24.3 Å². The highest BCUT2D eigenvalue weighted by Gasteiger charge is 2.28. The number of pyridine rings is 1. The number of hydrogen-bond donors (Lipinski definition) is 0. The summed E-state index contributed by atoms with van der Waals surface area (Å²) in [5, 5.41) is 7.65. The van der Waals surface area contributed by atoms with Gasteiger partial charge in [0.15, 0.2) is 5.69 Å². The molecule has 0 spiro atoms. The van der Waals surface area contributed by atoms with Crippen LogP contribution in [-0.4, -0.2) is 34.1 Å². The molecule has 1 aliphatic heterocycles. The van der Waals surface area contributed by atoms with Gasteiger partial charge in [-0.25, -0.2) is 13.9 Å². The molecule has 0 aliphatic carbocycles. The number of hydrazine groups is 1. The standard InChI is InChI=1S/C17H14BrFN4O/c1-21-16-8-13(19)4-2-11(16)6-7-23(21)17(24)15-9-14-5-3-12(18)10-22(14)20-15/h2-5,8-10H,6-7H2,1H3. The van der Waals surface area contributed by atoms with E-state index in [1.165, 1.54) is 12.1 Å². The van der Waals surface area contributed by atoms with Crippen molar-refractivity contribution in [3.63, 3.8) is 0 Å². The number of rotatable bonds is 1. The second-order valence-electron chi connectivity index (χ2n) is 5.72. The minimum atomic E-state index is -0.313. The lowest BCUT2D eigenvalue weighted by Crippen LogP contribution is -2.48. The van der Waals surface area contributed by atoms with Crippen molar-refractivity contribution in [2.24, 2.45) is 0 Å². The molecule has 2 aromatic heterocycles. The normalized spacial score (nSPS) is 14.1. The van der Waals surface area contributed by atoms with Crippen molar-refractivity contribution in [3.8, 4) is 0 Å². The molecule has 0 N–H and O–H groups in total. The van der Waals surface area contributed by atoms with E-state index in [9.17, 15) is 9.18 Å². The molecule has 5 nitrogen and oxygen atoms in total. The van der Waals surface area contributed by atoms with Crippen molar-refractivity contribution in [3.05, 3.63) is 64.1 Å². The van der Waals surface area contributed by atoms with Gasteiger partial charge in [-0.1, -0.05) is 6.07 Å². The molecule has 122 valence electrons. The van der Waals surface area contributed by atoms with Gasteiger partial charge >= 0.3 is 0 Å². The van der Waals surface area contributed by atoms with Crippen LogP contribution in [0.2, 0.25) is 0 Å². The Morgan fingerprint density at radius 1 is 1.25 bits per heavy atom. The molecular formula is C17H14BrFN4O. The Balaban J connectivity index is 1.68. The summed E-state index contributed by atoms with van der Waals surface area (Å²) in [4.78, 5) is 12.9. The summed E-state index contributed by atoms with van der Waals surface area (Å²) < 4.78 is 16.1. The van der Waals surface area contributed by atoms with Gasteiger partial charge in [-0.3, -0.25) is 9.80 Å². The Kier molecular flexibility index (Phi) is 3.53. The van der Waals surface area contributed by atoms with Gasteiger partial charge in [-0.2, -0.15) is 5.10 Å². The van der Waals surface area contributed by atoms with Crippen LogP contribution in [0, 0.1) is 5.82 Å². The highest BCUT2D eigenvalue weighted by molar-refractivity contribution is 9.10. The van der Waals surface area contributed by atoms with E-state index in [-0.39, 0.29) is 11.7 Å². The van der Waals surface area contributed by atoms with E-state index < -0.39 is 0 Å². The third-order valence-electron chi connectivity index (χ3n) is 4.23. The number of hydrogen-bond acceptors (Lipinski definition) is 3. The number of halogens is 2. The maximum atomic E-state index is 13.5. The van der Waals surface area contributed by atoms with Crippen LogP contribution in [0.5, 0.6) is 0 Å². The Morgan fingerprint density at radius 3 is 2.92 bits per heavy atom. The Bertz CT molecular complexity index is 955. The van der Waals surface area contributed by atoms with Crippen molar-refractivity contribution in [2.45, 2.75) is 6.42 Å². The lowest BCUT2D eigenvalue weighted by Gasteiger charge is -2.38. The van der Waals surface area contributed by atoms with E-state index in [0.717, 1.165) is 15.6 Å². The van der Waals surface area contributed by atoms with Crippen LogP contribution >= 0.6 is 15.9 Å². The topological polar surface area (TPSA) is 40.9 Å². The van der Waals surface area contributed by atoms with E-state index in [1.807, 2.05) is 12.1 Å². The van der Waals surface area contributed by atoms with Crippen LogP contribution < -0.4 is 5.01 Å². The maximum Gasteiger partial charge on any atom is 0.292 e. The number of anilines is 1. The SMILES string of the molecule is CN1c2cc(F)ccc2CCN1C(=O)c1cc2ccc(Br)cn2n1. The Hall–Kier alpha value is -2.41. The zero-order valence-corrected chi connectivity index (χ0v) is 14.5. The van der Waals surface area contributed by atoms with Crippen LogP contribution in [-0.2, 0) is 6.42 Å². The summed E-state index contributed by atoms with van der Waals surface area (Å²) in [6.45, 7) is 0.533. The molecule has 0 atom stereocenters. The quantitative estimate of drug-likeness (QED) is 0.642. The molecule has 0 unspecified atom stereocenters. The zero-order valence-electron chi connectivity index (χ0n) is 12.9. The third-order valence-corrected chi connectivity index (χ3v) is 4.70. The summed E-state index contributed by atoms with van der Waals surface area (Å²) in [5.41, 5.74) is 2.94. The van der Waals surface area contributed by atoms with Gasteiger partial charge in [0.25, 0.3) is 5.91 Å². The van der Waals surface area contributed by atoms with Crippen LogP contribution in [0.15, 0.2) is 47.1 Å². The number of carbonyl (C=O) groups is 1. The molecule has 7 heteroatoms. The molecule has 0 fully saturated rings. The average Bonchev–Trinajstić information content (AvgIpc) is 2.98. The Labute approximate surface area is 146 Å². The molecule has 1 aromatic carbocycles. The predicted molar refractivity (Wildman–Crippen MR) is 92.4 cm³/mol. The third kappa shape index (κ3) is 2.45. The molecule has 4 rings (SSSR count). The van der Waals surface area contributed by atoms with Crippen LogP contribution in [0.3, 0.4) is 0 Å². The van der Waals surface area contributed by atoms with Gasteiger partial charge in [0.1, 0.15) is 5.82 Å². The van der Waals surface area contributed by atoms with Crippen molar-refractivity contribution in [1.82, 2.24) is 14.6 Å².